The normalized spacial score (nSPS) is 14.3. The molecule has 0 amide bonds. The maximum atomic E-state index is 13.7. The number of likely N-dealkylation sites (N-methyl/N-ethyl adjacent to an activating group) is 2. The van der Waals surface area contributed by atoms with E-state index in [1.165, 1.54) is 0 Å². The highest BCUT2D eigenvalue weighted by molar-refractivity contribution is 5.56. The first kappa shape index (κ1) is 17.9. The Bertz CT molecular complexity index is 434. The third-order valence-corrected chi connectivity index (χ3v) is 3.78. The van der Waals surface area contributed by atoms with Crippen LogP contribution in [0.4, 0.5) is 10.1 Å². The number of nitrogens with zero attached hydrogens (tertiary/aromatic N) is 2. The predicted octanol–water partition coefficient (Wildman–Crippen LogP) is 3.27. The van der Waals surface area contributed by atoms with Gasteiger partial charge in [0.25, 0.3) is 0 Å². The van der Waals surface area contributed by atoms with Gasteiger partial charge < -0.3 is 15.1 Å². The van der Waals surface area contributed by atoms with Crippen LogP contribution in [0.2, 0.25) is 0 Å². The summed E-state index contributed by atoms with van der Waals surface area (Å²) in [5.74, 6) is -0.171. The number of hydrogen-bond acceptors (Lipinski definition) is 3. The molecule has 0 fully saturated rings. The Kier molecular flexibility index (Phi) is 7.12. The molecule has 2 unspecified atom stereocenters. The fraction of sp³-hybridized carbons (Fsp3) is 0.647. The molecule has 0 aliphatic heterocycles. The van der Waals surface area contributed by atoms with E-state index < -0.39 is 0 Å². The molecular formula is C17H30FN3. The summed E-state index contributed by atoms with van der Waals surface area (Å²) in [4.78, 5) is 4.53. The molecule has 0 aliphatic carbocycles. The van der Waals surface area contributed by atoms with Gasteiger partial charge in [-0.05, 0) is 65.2 Å². The van der Waals surface area contributed by atoms with Crippen LogP contribution >= 0.6 is 0 Å². The van der Waals surface area contributed by atoms with Crippen LogP contribution in [0.15, 0.2) is 18.2 Å². The average molecular weight is 295 g/mol. The standard InChI is InChI=1S/C17H30FN3/c1-7-19-14(4)16-11-15(18)9-10-17(16)21(8-2)13(3)12-20(5)6/h9-11,13-14,19H,7-8,12H2,1-6H3. The summed E-state index contributed by atoms with van der Waals surface area (Å²) in [6.07, 6.45) is 0. The van der Waals surface area contributed by atoms with Crippen molar-refractivity contribution in [3.8, 4) is 0 Å². The lowest BCUT2D eigenvalue weighted by atomic mass is 10.0. The van der Waals surface area contributed by atoms with Crippen LogP contribution in [-0.2, 0) is 0 Å². The first-order chi connectivity index (χ1) is 9.90. The van der Waals surface area contributed by atoms with Gasteiger partial charge in [0, 0.05) is 30.9 Å². The molecule has 120 valence electrons. The molecule has 2 atom stereocenters. The van der Waals surface area contributed by atoms with Crippen LogP contribution in [0.25, 0.3) is 0 Å². The second-order valence-electron chi connectivity index (χ2n) is 5.88. The van der Waals surface area contributed by atoms with E-state index in [9.17, 15) is 4.39 Å². The summed E-state index contributed by atoms with van der Waals surface area (Å²) in [5, 5.41) is 3.38. The van der Waals surface area contributed by atoms with E-state index in [2.05, 4.69) is 56.9 Å². The molecule has 0 radical (unpaired) electrons. The van der Waals surface area contributed by atoms with Gasteiger partial charge in [-0.2, -0.15) is 0 Å². The predicted molar refractivity (Wildman–Crippen MR) is 89.5 cm³/mol. The molecule has 21 heavy (non-hydrogen) atoms. The first-order valence-electron chi connectivity index (χ1n) is 7.84. The van der Waals surface area contributed by atoms with E-state index in [4.69, 9.17) is 0 Å². The van der Waals surface area contributed by atoms with E-state index in [1.54, 1.807) is 12.1 Å². The molecule has 0 saturated heterocycles. The van der Waals surface area contributed by atoms with Crippen molar-refractivity contribution in [3.05, 3.63) is 29.6 Å². The minimum absolute atomic E-state index is 0.140. The smallest absolute Gasteiger partial charge is 0.123 e. The van der Waals surface area contributed by atoms with Crippen molar-refractivity contribution in [1.29, 1.82) is 0 Å². The third kappa shape index (κ3) is 4.97. The number of benzene rings is 1. The highest BCUT2D eigenvalue weighted by Gasteiger charge is 2.19. The van der Waals surface area contributed by atoms with E-state index in [1.807, 2.05) is 6.07 Å². The topological polar surface area (TPSA) is 18.5 Å². The Morgan fingerprint density at radius 1 is 1.19 bits per heavy atom. The van der Waals surface area contributed by atoms with Crippen LogP contribution < -0.4 is 10.2 Å². The second kappa shape index (κ2) is 8.35. The Balaban J connectivity index is 3.13. The van der Waals surface area contributed by atoms with E-state index in [0.717, 1.165) is 30.9 Å². The van der Waals surface area contributed by atoms with Crippen molar-refractivity contribution in [3.63, 3.8) is 0 Å². The summed E-state index contributed by atoms with van der Waals surface area (Å²) >= 11 is 0. The molecule has 0 bridgehead atoms. The Labute approximate surface area is 129 Å². The minimum Gasteiger partial charge on any atom is -0.368 e. The molecule has 0 saturated carbocycles. The lowest BCUT2D eigenvalue weighted by Gasteiger charge is -2.34. The van der Waals surface area contributed by atoms with Gasteiger partial charge >= 0.3 is 0 Å². The molecule has 1 rings (SSSR count). The maximum Gasteiger partial charge on any atom is 0.123 e. The molecule has 4 heteroatoms. The SMILES string of the molecule is CCNC(C)c1cc(F)ccc1N(CC)C(C)CN(C)C. The Hall–Kier alpha value is -1.13. The summed E-state index contributed by atoms with van der Waals surface area (Å²) in [7, 11) is 4.16. The lowest BCUT2D eigenvalue weighted by molar-refractivity contribution is 0.372. The monoisotopic (exact) mass is 295 g/mol. The number of hydrogen-bond donors (Lipinski definition) is 1. The molecule has 3 nitrogen and oxygen atoms in total. The number of nitrogens with one attached hydrogen (secondary N) is 1. The van der Waals surface area contributed by atoms with Gasteiger partial charge in [-0.25, -0.2) is 4.39 Å². The maximum absolute atomic E-state index is 13.7. The van der Waals surface area contributed by atoms with Gasteiger partial charge in [-0.15, -0.1) is 0 Å². The molecule has 0 aromatic heterocycles. The fourth-order valence-corrected chi connectivity index (χ4v) is 2.90. The summed E-state index contributed by atoms with van der Waals surface area (Å²) in [5.41, 5.74) is 2.16. The quantitative estimate of drug-likeness (QED) is 0.794. The van der Waals surface area contributed by atoms with E-state index >= 15 is 0 Å². The highest BCUT2D eigenvalue weighted by Crippen LogP contribution is 2.28. The molecular weight excluding hydrogens is 265 g/mol. The molecule has 1 N–H and O–H groups in total. The fourth-order valence-electron chi connectivity index (χ4n) is 2.90. The van der Waals surface area contributed by atoms with Gasteiger partial charge in [-0.3, -0.25) is 0 Å². The van der Waals surface area contributed by atoms with E-state index in [0.29, 0.717) is 6.04 Å². The van der Waals surface area contributed by atoms with E-state index in [-0.39, 0.29) is 11.9 Å². The van der Waals surface area contributed by atoms with Gasteiger partial charge in [0.2, 0.25) is 0 Å². The van der Waals surface area contributed by atoms with Crippen molar-refractivity contribution >= 4 is 5.69 Å². The largest absolute Gasteiger partial charge is 0.368 e. The van der Waals surface area contributed by atoms with Crippen molar-refractivity contribution in [1.82, 2.24) is 10.2 Å². The summed E-state index contributed by atoms with van der Waals surface area (Å²) in [6, 6.07) is 5.65. The average Bonchev–Trinajstić information content (AvgIpc) is 2.40. The Morgan fingerprint density at radius 2 is 1.86 bits per heavy atom. The van der Waals surface area contributed by atoms with Gasteiger partial charge in [-0.1, -0.05) is 6.92 Å². The summed E-state index contributed by atoms with van der Waals surface area (Å²) in [6.45, 7) is 11.3. The van der Waals surface area contributed by atoms with Crippen LogP contribution in [0, 0.1) is 5.82 Å². The van der Waals surface area contributed by atoms with Crippen LogP contribution in [0.5, 0.6) is 0 Å². The Morgan fingerprint density at radius 3 is 2.38 bits per heavy atom. The highest BCUT2D eigenvalue weighted by atomic mass is 19.1. The van der Waals surface area contributed by atoms with Crippen molar-refractivity contribution in [2.75, 3.05) is 38.6 Å². The molecule has 0 spiro atoms. The zero-order valence-corrected chi connectivity index (χ0v) is 14.3. The van der Waals surface area contributed by atoms with Crippen LogP contribution in [0.1, 0.15) is 39.3 Å². The number of halogens is 1. The summed E-state index contributed by atoms with van der Waals surface area (Å²) < 4.78 is 13.7. The van der Waals surface area contributed by atoms with Gasteiger partial charge in [0.1, 0.15) is 5.82 Å². The van der Waals surface area contributed by atoms with Crippen molar-refractivity contribution in [2.24, 2.45) is 0 Å². The first-order valence-corrected chi connectivity index (χ1v) is 7.84. The second-order valence-corrected chi connectivity index (χ2v) is 5.88. The number of anilines is 1. The molecule has 0 aliphatic rings. The van der Waals surface area contributed by atoms with Crippen LogP contribution in [-0.4, -0.2) is 44.7 Å². The zero-order chi connectivity index (χ0) is 16.0. The van der Waals surface area contributed by atoms with Crippen LogP contribution in [0.3, 0.4) is 0 Å². The molecule has 1 aromatic carbocycles. The molecule has 1 aromatic rings. The zero-order valence-electron chi connectivity index (χ0n) is 14.3. The lowest BCUT2D eigenvalue weighted by Crippen LogP contribution is -2.41. The third-order valence-electron chi connectivity index (χ3n) is 3.78. The van der Waals surface area contributed by atoms with Gasteiger partial charge in [0.05, 0.1) is 0 Å². The molecule has 0 heterocycles. The van der Waals surface area contributed by atoms with Gasteiger partial charge in [0.15, 0.2) is 0 Å². The van der Waals surface area contributed by atoms with Crippen molar-refractivity contribution in [2.45, 2.75) is 39.8 Å². The number of rotatable bonds is 8. The minimum atomic E-state index is -0.171. The van der Waals surface area contributed by atoms with Crippen molar-refractivity contribution < 1.29 is 4.39 Å².